The highest BCUT2D eigenvalue weighted by Gasteiger charge is 2.19. The van der Waals surface area contributed by atoms with E-state index in [1.807, 2.05) is 25.2 Å². The van der Waals surface area contributed by atoms with Gasteiger partial charge in [-0.25, -0.2) is 0 Å². The Balaban J connectivity index is 2.02. The number of nitrogens with zero attached hydrogens (tertiary/aromatic N) is 2. The van der Waals surface area contributed by atoms with Crippen molar-refractivity contribution in [3.63, 3.8) is 0 Å². The van der Waals surface area contributed by atoms with Gasteiger partial charge < -0.3 is 24.0 Å². The summed E-state index contributed by atoms with van der Waals surface area (Å²) in [6, 6.07) is 13.6. The molecule has 0 bridgehead atoms. The second kappa shape index (κ2) is 9.83. The second-order valence-corrected chi connectivity index (χ2v) is 6.36. The fraction of sp³-hybridized carbons (Fsp3) is 0.381. The minimum absolute atomic E-state index is 0.0950. The molecule has 0 heterocycles. The molecular weight excluding hydrogens is 344 g/mol. The summed E-state index contributed by atoms with van der Waals surface area (Å²) in [5.74, 6) is 1.31. The van der Waals surface area contributed by atoms with E-state index in [4.69, 9.17) is 14.2 Å². The van der Waals surface area contributed by atoms with Crippen LogP contribution < -0.4 is 14.2 Å². The lowest BCUT2D eigenvalue weighted by molar-refractivity contribution is 0.0781. The van der Waals surface area contributed by atoms with E-state index >= 15 is 0 Å². The fourth-order valence-corrected chi connectivity index (χ4v) is 2.82. The summed E-state index contributed by atoms with van der Waals surface area (Å²) in [4.78, 5) is 16.7. The maximum Gasteiger partial charge on any atom is 0.253 e. The third kappa shape index (κ3) is 5.37. The predicted octanol–water partition coefficient (Wildman–Crippen LogP) is 2.92. The van der Waals surface area contributed by atoms with Crippen LogP contribution in [0.3, 0.4) is 0 Å². The van der Waals surface area contributed by atoms with Crippen molar-refractivity contribution in [1.29, 1.82) is 0 Å². The fourth-order valence-electron chi connectivity index (χ4n) is 2.82. The van der Waals surface area contributed by atoms with Crippen molar-refractivity contribution in [2.75, 3.05) is 48.5 Å². The average Bonchev–Trinajstić information content (AvgIpc) is 2.70. The molecule has 0 fully saturated rings. The van der Waals surface area contributed by atoms with Crippen LogP contribution >= 0.6 is 0 Å². The quantitative estimate of drug-likeness (QED) is 0.677. The predicted molar refractivity (Wildman–Crippen MR) is 106 cm³/mol. The van der Waals surface area contributed by atoms with Crippen LogP contribution in [-0.4, -0.2) is 64.2 Å². The molecule has 27 heavy (non-hydrogen) atoms. The Hall–Kier alpha value is -2.73. The molecule has 0 aliphatic heterocycles. The van der Waals surface area contributed by atoms with E-state index in [0.29, 0.717) is 29.4 Å². The number of hydrogen-bond donors (Lipinski definition) is 0. The molecule has 146 valence electrons. The topological polar surface area (TPSA) is 51.2 Å². The molecule has 2 aromatic carbocycles. The summed E-state index contributed by atoms with van der Waals surface area (Å²) in [6.45, 7) is 2.22. The Morgan fingerprint density at radius 1 is 0.889 bits per heavy atom. The second-order valence-electron chi connectivity index (χ2n) is 6.36. The standard InChI is InChI=1S/C21H28N2O4/c1-22(15-16-9-7-6-8-10-16)11-12-23(2)21(24)17-13-18(25-3)20(27-5)19(14-17)26-4/h6-10,13-14H,11-12,15H2,1-5H3. The molecule has 0 saturated heterocycles. The van der Waals surface area contributed by atoms with Gasteiger partial charge in [-0.15, -0.1) is 0 Å². The summed E-state index contributed by atoms with van der Waals surface area (Å²) >= 11 is 0. The van der Waals surface area contributed by atoms with Crippen LogP contribution in [0.2, 0.25) is 0 Å². The molecule has 0 aliphatic carbocycles. The molecule has 0 aromatic heterocycles. The normalized spacial score (nSPS) is 10.6. The monoisotopic (exact) mass is 372 g/mol. The zero-order valence-electron chi connectivity index (χ0n) is 16.7. The number of carbonyl (C=O) groups is 1. The average molecular weight is 372 g/mol. The number of hydrogen-bond acceptors (Lipinski definition) is 5. The number of rotatable bonds is 9. The molecule has 0 radical (unpaired) electrons. The zero-order chi connectivity index (χ0) is 19.8. The van der Waals surface area contributed by atoms with Gasteiger partial charge in [0.15, 0.2) is 11.5 Å². The highest BCUT2D eigenvalue weighted by molar-refractivity contribution is 5.95. The van der Waals surface area contributed by atoms with E-state index in [1.54, 1.807) is 24.1 Å². The first-order valence-electron chi connectivity index (χ1n) is 8.78. The minimum Gasteiger partial charge on any atom is -0.493 e. The summed E-state index contributed by atoms with van der Waals surface area (Å²) in [7, 11) is 8.45. The maximum absolute atomic E-state index is 12.8. The highest BCUT2D eigenvalue weighted by atomic mass is 16.5. The SMILES string of the molecule is COc1cc(C(=O)N(C)CCN(C)Cc2ccccc2)cc(OC)c1OC. The Kier molecular flexibility index (Phi) is 7.49. The van der Waals surface area contributed by atoms with E-state index in [1.165, 1.54) is 26.9 Å². The maximum atomic E-state index is 12.8. The number of benzene rings is 2. The van der Waals surface area contributed by atoms with E-state index in [2.05, 4.69) is 17.0 Å². The van der Waals surface area contributed by atoms with Crippen LogP contribution in [0, 0.1) is 0 Å². The molecule has 0 spiro atoms. The van der Waals surface area contributed by atoms with Crippen LogP contribution in [0.25, 0.3) is 0 Å². The van der Waals surface area contributed by atoms with Crippen molar-refractivity contribution in [2.24, 2.45) is 0 Å². The van der Waals surface area contributed by atoms with E-state index < -0.39 is 0 Å². The number of amides is 1. The summed E-state index contributed by atoms with van der Waals surface area (Å²) in [6.07, 6.45) is 0. The van der Waals surface area contributed by atoms with E-state index in [-0.39, 0.29) is 5.91 Å². The largest absolute Gasteiger partial charge is 0.493 e. The van der Waals surface area contributed by atoms with Crippen molar-refractivity contribution in [3.05, 3.63) is 53.6 Å². The number of ether oxygens (including phenoxy) is 3. The number of likely N-dealkylation sites (N-methyl/N-ethyl adjacent to an activating group) is 2. The van der Waals surface area contributed by atoms with Gasteiger partial charge in [-0.3, -0.25) is 4.79 Å². The number of carbonyl (C=O) groups excluding carboxylic acids is 1. The van der Waals surface area contributed by atoms with E-state index in [9.17, 15) is 4.79 Å². The van der Waals surface area contributed by atoms with Gasteiger partial charge in [0.05, 0.1) is 21.3 Å². The molecule has 0 unspecified atom stereocenters. The molecule has 0 aliphatic rings. The van der Waals surface area contributed by atoms with Crippen LogP contribution in [0.4, 0.5) is 0 Å². The van der Waals surface area contributed by atoms with Crippen molar-refractivity contribution in [1.82, 2.24) is 9.80 Å². The number of methoxy groups -OCH3 is 3. The Bertz CT molecular complexity index is 724. The zero-order valence-corrected chi connectivity index (χ0v) is 16.7. The van der Waals surface area contributed by atoms with Crippen molar-refractivity contribution >= 4 is 5.91 Å². The molecule has 6 nitrogen and oxygen atoms in total. The van der Waals surface area contributed by atoms with Gasteiger partial charge in [-0.1, -0.05) is 30.3 Å². The van der Waals surface area contributed by atoms with Crippen LogP contribution in [-0.2, 0) is 6.54 Å². The summed E-state index contributed by atoms with van der Waals surface area (Å²) in [5, 5.41) is 0. The van der Waals surface area contributed by atoms with Crippen molar-refractivity contribution in [2.45, 2.75) is 6.54 Å². The van der Waals surface area contributed by atoms with Gasteiger partial charge in [-0.05, 0) is 24.7 Å². The van der Waals surface area contributed by atoms with Gasteiger partial charge >= 0.3 is 0 Å². The molecule has 0 atom stereocenters. The third-order valence-corrected chi connectivity index (χ3v) is 4.37. The molecular formula is C21H28N2O4. The van der Waals surface area contributed by atoms with Crippen molar-refractivity contribution < 1.29 is 19.0 Å². The molecule has 2 rings (SSSR count). The van der Waals surface area contributed by atoms with Gasteiger partial charge in [0.2, 0.25) is 5.75 Å². The molecule has 0 saturated carbocycles. The van der Waals surface area contributed by atoms with Crippen molar-refractivity contribution in [3.8, 4) is 17.2 Å². The first-order chi connectivity index (χ1) is 13.0. The first-order valence-corrected chi connectivity index (χ1v) is 8.78. The Morgan fingerprint density at radius 3 is 2.00 bits per heavy atom. The Morgan fingerprint density at radius 2 is 1.48 bits per heavy atom. The lowest BCUT2D eigenvalue weighted by atomic mass is 10.1. The molecule has 2 aromatic rings. The van der Waals surface area contributed by atoms with E-state index in [0.717, 1.165) is 13.1 Å². The van der Waals surface area contributed by atoms with Gasteiger partial charge in [0.25, 0.3) is 5.91 Å². The van der Waals surface area contributed by atoms with Gasteiger partial charge in [-0.2, -0.15) is 0 Å². The Labute approximate surface area is 161 Å². The smallest absolute Gasteiger partial charge is 0.253 e. The lowest BCUT2D eigenvalue weighted by Gasteiger charge is -2.23. The van der Waals surface area contributed by atoms with Gasteiger partial charge in [0, 0.05) is 32.2 Å². The molecule has 1 amide bonds. The molecule has 0 N–H and O–H groups in total. The summed E-state index contributed by atoms with van der Waals surface area (Å²) in [5.41, 5.74) is 1.75. The minimum atomic E-state index is -0.0950. The highest BCUT2D eigenvalue weighted by Crippen LogP contribution is 2.38. The first kappa shape index (κ1) is 20.6. The summed E-state index contributed by atoms with van der Waals surface area (Å²) < 4.78 is 16.0. The third-order valence-electron chi connectivity index (χ3n) is 4.37. The van der Waals surface area contributed by atoms with Crippen LogP contribution in [0.5, 0.6) is 17.2 Å². The van der Waals surface area contributed by atoms with Crippen LogP contribution in [0.1, 0.15) is 15.9 Å². The molecule has 6 heteroatoms. The van der Waals surface area contributed by atoms with Gasteiger partial charge in [0.1, 0.15) is 0 Å². The van der Waals surface area contributed by atoms with Crippen LogP contribution in [0.15, 0.2) is 42.5 Å². The lowest BCUT2D eigenvalue weighted by Crippen LogP contribution is -2.34.